The molecule has 0 radical (unpaired) electrons. The first-order chi connectivity index (χ1) is 17.8. The van der Waals surface area contributed by atoms with Gasteiger partial charge in [-0.05, 0) is 59.7 Å². The smallest absolute Gasteiger partial charge is 0.310 e. The van der Waals surface area contributed by atoms with Crippen LogP contribution in [0.2, 0.25) is 0 Å². The van der Waals surface area contributed by atoms with Crippen LogP contribution in [0, 0.1) is 0 Å². The summed E-state index contributed by atoms with van der Waals surface area (Å²) in [4.78, 5) is 32.8. The summed E-state index contributed by atoms with van der Waals surface area (Å²) in [5, 5.41) is 1.49. The van der Waals surface area contributed by atoms with E-state index in [2.05, 4.69) is 24.3 Å². The van der Waals surface area contributed by atoms with Crippen molar-refractivity contribution in [1.29, 1.82) is 0 Å². The predicted octanol–water partition coefficient (Wildman–Crippen LogP) is 7.26. The zero-order valence-electron chi connectivity index (χ0n) is 19.9. The highest BCUT2D eigenvalue weighted by Crippen LogP contribution is 2.48. The number of anilines is 2. The van der Waals surface area contributed by atoms with Crippen LogP contribution in [0.5, 0.6) is 0 Å². The topological polar surface area (TPSA) is 105 Å². The van der Waals surface area contributed by atoms with Crippen LogP contribution in [0.1, 0.15) is 11.1 Å². The number of ether oxygens (including phenoxy) is 2. The average molecular weight is 587 g/mol. The van der Waals surface area contributed by atoms with Gasteiger partial charge in [-0.15, -0.1) is 56.7 Å². The van der Waals surface area contributed by atoms with Crippen molar-refractivity contribution >= 4 is 78.6 Å². The molecule has 5 aromatic heterocycles. The minimum absolute atomic E-state index is 0.187. The second-order valence-corrected chi connectivity index (χ2v) is 13.4. The minimum Gasteiger partial charge on any atom is -0.469 e. The number of carbonyl (C=O) groups excluding carboxylic acids is 2. The first-order valence-corrected chi connectivity index (χ1v) is 15.1. The Kier molecular flexibility index (Phi) is 7.50. The third kappa shape index (κ3) is 5.51. The number of thiophene rings is 5. The van der Waals surface area contributed by atoms with Crippen molar-refractivity contribution in [2.24, 2.45) is 0 Å². The molecule has 0 aromatic carbocycles. The Hall–Kier alpha value is -2.96. The zero-order valence-corrected chi connectivity index (χ0v) is 23.9. The van der Waals surface area contributed by atoms with Crippen molar-refractivity contribution < 1.29 is 19.1 Å². The van der Waals surface area contributed by atoms with Gasteiger partial charge < -0.3 is 20.9 Å². The molecule has 0 unspecified atom stereocenters. The molecule has 11 heteroatoms. The molecule has 0 saturated heterocycles. The molecule has 5 rings (SSSR count). The number of carbonyl (C=O) groups is 2. The van der Waals surface area contributed by atoms with E-state index in [-0.39, 0.29) is 24.8 Å². The van der Waals surface area contributed by atoms with E-state index in [0.717, 1.165) is 60.1 Å². The number of nitrogens with two attached hydrogens (primary N) is 2. The van der Waals surface area contributed by atoms with Crippen molar-refractivity contribution in [1.82, 2.24) is 0 Å². The molecule has 6 nitrogen and oxygen atoms in total. The fourth-order valence-corrected chi connectivity index (χ4v) is 9.16. The molecule has 0 aliphatic rings. The van der Waals surface area contributed by atoms with E-state index in [4.69, 9.17) is 20.9 Å². The van der Waals surface area contributed by atoms with Crippen LogP contribution in [0.25, 0.3) is 39.0 Å². The van der Waals surface area contributed by atoms with E-state index < -0.39 is 0 Å². The SMILES string of the molecule is COC(=O)Cc1cc(-c2ccc(N)s2)sc1-c1ccc(-c2sc(-c3ccc(N)s3)cc2CC(=O)OC)s1. The molecule has 37 heavy (non-hydrogen) atoms. The van der Waals surface area contributed by atoms with Gasteiger partial charge in [-0.25, -0.2) is 0 Å². The third-order valence-electron chi connectivity index (χ3n) is 5.54. The van der Waals surface area contributed by atoms with Gasteiger partial charge in [0.1, 0.15) is 0 Å². The highest BCUT2D eigenvalue weighted by molar-refractivity contribution is 7.30. The van der Waals surface area contributed by atoms with E-state index in [1.165, 1.54) is 36.9 Å². The number of nitrogen functional groups attached to an aromatic ring is 2. The molecule has 0 aliphatic carbocycles. The average Bonchev–Trinajstić information content (AvgIpc) is 3.69. The molecular weight excluding hydrogens is 565 g/mol. The minimum atomic E-state index is -0.286. The molecule has 4 N–H and O–H groups in total. The number of esters is 2. The number of hydrogen-bond acceptors (Lipinski definition) is 11. The van der Waals surface area contributed by atoms with Crippen LogP contribution in [0.15, 0.2) is 48.5 Å². The van der Waals surface area contributed by atoms with Crippen LogP contribution in [0.4, 0.5) is 10.0 Å². The van der Waals surface area contributed by atoms with Gasteiger partial charge in [0, 0.05) is 39.0 Å². The fraction of sp³-hybridized carbons (Fsp3) is 0.154. The van der Waals surface area contributed by atoms with Crippen LogP contribution >= 0.6 is 56.7 Å². The maximum Gasteiger partial charge on any atom is 0.310 e. The lowest BCUT2D eigenvalue weighted by atomic mass is 10.1. The van der Waals surface area contributed by atoms with E-state index in [1.54, 1.807) is 34.0 Å². The van der Waals surface area contributed by atoms with Crippen molar-refractivity contribution in [3.8, 4) is 39.0 Å². The highest BCUT2D eigenvalue weighted by Gasteiger charge is 2.21. The number of hydrogen-bond donors (Lipinski definition) is 2. The summed E-state index contributed by atoms with van der Waals surface area (Å²) in [6.45, 7) is 0. The van der Waals surface area contributed by atoms with Gasteiger partial charge in [-0.3, -0.25) is 9.59 Å². The molecule has 0 amide bonds. The van der Waals surface area contributed by atoms with Crippen LogP contribution < -0.4 is 11.5 Å². The summed E-state index contributed by atoms with van der Waals surface area (Å²) in [5.74, 6) is -0.571. The van der Waals surface area contributed by atoms with Crippen LogP contribution in [0.3, 0.4) is 0 Å². The molecule has 0 bridgehead atoms. The lowest BCUT2D eigenvalue weighted by molar-refractivity contribution is -0.140. The lowest BCUT2D eigenvalue weighted by Crippen LogP contribution is -2.04. The van der Waals surface area contributed by atoms with Gasteiger partial charge in [-0.2, -0.15) is 0 Å². The molecule has 0 fully saturated rings. The van der Waals surface area contributed by atoms with Gasteiger partial charge in [0.15, 0.2) is 0 Å². The molecule has 5 heterocycles. The molecule has 0 saturated carbocycles. The summed E-state index contributed by atoms with van der Waals surface area (Å²) in [5.41, 5.74) is 13.8. The number of rotatable bonds is 8. The third-order valence-corrected chi connectivity index (χ3v) is 11.6. The van der Waals surface area contributed by atoms with Gasteiger partial charge >= 0.3 is 11.9 Å². The van der Waals surface area contributed by atoms with E-state index in [0.29, 0.717) is 0 Å². The van der Waals surface area contributed by atoms with E-state index in [1.807, 2.05) is 24.3 Å². The van der Waals surface area contributed by atoms with E-state index >= 15 is 0 Å². The maximum atomic E-state index is 12.2. The highest BCUT2D eigenvalue weighted by atomic mass is 32.1. The Balaban J connectivity index is 1.55. The Bertz CT molecular complexity index is 1470. The van der Waals surface area contributed by atoms with Crippen molar-refractivity contribution in [3.63, 3.8) is 0 Å². The first kappa shape index (κ1) is 25.7. The molecule has 0 atom stereocenters. The molecular formula is C26H22N2O4S5. The second kappa shape index (κ2) is 10.8. The normalized spacial score (nSPS) is 11.1. The molecule has 5 aromatic rings. The van der Waals surface area contributed by atoms with Gasteiger partial charge in [-0.1, -0.05) is 0 Å². The van der Waals surface area contributed by atoms with Gasteiger partial charge in [0.05, 0.1) is 37.1 Å². The summed E-state index contributed by atoms with van der Waals surface area (Å²) < 4.78 is 9.90. The summed E-state index contributed by atoms with van der Waals surface area (Å²) in [6.07, 6.45) is 0.375. The summed E-state index contributed by atoms with van der Waals surface area (Å²) >= 11 is 7.96. The zero-order chi connectivity index (χ0) is 26.1. The summed E-state index contributed by atoms with van der Waals surface area (Å²) in [7, 11) is 2.80. The largest absolute Gasteiger partial charge is 0.469 e. The quantitative estimate of drug-likeness (QED) is 0.186. The van der Waals surface area contributed by atoms with Gasteiger partial charge in [0.25, 0.3) is 0 Å². The molecule has 0 aliphatic heterocycles. The predicted molar refractivity (Wildman–Crippen MR) is 158 cm³/mol. The Labute approximate surface area is 233 Å². The molecule has 0 spiro atoms. The lowest BCUT2D eigenvalue weighted by Gasteiger charge is -2.02. The van der Waals surface area contributed by atoms with Crippen LogP contribution in [-0.2, 0) is 31.9 Å². The van der Waals surface area contributed by atoms with Crippen LogP contribution in [-0.4, -0.2) is 26.2 Å². The Morgan fingerprint density at radius 2 is 1.00 bits per heavy atom. The van der Waals surface area contributed by atoms with Crippen molar-refractivity contribution in [2.75, 3.05) is 25.7 Å². The van der Waals surface area contributed by atoms with Crippen molar-refractivity contribution in [2.45, 2.75) is 12.8 Å². The second-order valence-electron chi connectivity index (χ2n) is 8.00. The first-order valence-electron chi connectivity index (χ1n) is 11.1. The maximum absolute atomic E-state index is 12.2. The number of methoxy groups -OCH3 is 2. The van der Waals surface area contributed by atoms with Crippen molar-refractivity contribution in [3.05, 3.63) is 59.7 Å². The monoisotopic (exact) mass is 586 g/mol. The standard InChI is InChI=1S/C26H22N2O4S5/c1-31-23(29)11-13-9-19(15-5-7-21(27)34-15)36-25(13)17-3-4-18(33-17)26-14(12-24(30)32-2)10-20(37-26)16-6-8-22(28)35-16/h3-10H,11-12,27-28H2,1-2H3. The Morgan fingerprint density at radius 3 is 1.35 bits per heavy atom. The molecule has 190 valence electrons. The van der Waals surface area contributed by atoms with Gasteiger partial charge in [0.2, 0.25) is 0 Å². The fourth-order valence-electron chi connectivity index (χ4n) is 3.79. The summed E-state index contributed by atoms with van der Waals surface area (Å²) in [6, 6.07) is 16.0. The van der Waals surface area contributed by atoms with E-state index in [9.17, 15) is 9.59 Å². The Morgan fingerprint density at radius 1 is 0.595 bits per heavy atom.